The van der Waals surface area contributed by atoms with Gasteiger partial charge in [0.15, 0.2) is 0 Å². The molecule has 0 spiro atoms. The van der Waals surface area contributed by atoms with E-state index in [-0.39, 0.29) is 11.3 Å². The summed E-state index contributed by atoms with van der Waals surface area (Å²) in [4.78, 5) is 11.1. The summed E-state index contributed by atoms with van der Waals surface area (Å²) >= 11 is 0. The van der Waals surface area contributed by atoms with Gasteiger partial charge in [0.05, 0.1) is 11.3 Å². The first-order chi connectivity index (χ1) is 8.93. The Kier molecular flexibility index (Phi) is 3.91. The number of carboxylic acid groups (broad SMARTS) is 1. The van der Waals surface area contributed by atoms with Gasteiger partial charge in [0, 0.05) is 12.6 Å². The molecule has 1 aliphatic heterocycles. The Bertz CT molecular complexity index is 582. The zero-order chi connectivity index (χ0) is 14.0. The Labute approximate surface area is 112 Å². The van der Waals surface area contributed by atoms with Crippen molar-refractivity contribution >= 4 is 16.0 Å². The van der Waals surface area contributed by atoms with E-state index in [9.17, 15) is 13.2 Å². The third-order valence-electron chi connectivity index (χ3n) is 3.41. The fraction of sp³-hybridized carbons (Fsp3) is 0.462. The molecule has 1 fully saturated rings. The van der Waals surface area contributed by atoms with Crippen molar-refractivity contribution in [3.8, 4) is 0 Å². The average Bonchev–Trinajstić information content (AvgIpc) is 2.77. The molecule has 0 bridgehead atoms. The number of carboxylic acids is 1. The van der Waals surface area contributed by atoms with Crippen molar-refractivity contribution in [2.75, 3.05) is 6.54 Å². The number of benzene rings is 1. The molecule has 0 amide bonds. The highest BCUT2D eigenvalue weighted by Crippen LogP contribution is 2.29. The van der Waals surface area contributed by atoms with Gasteiger partial charge in [-0.25, -0.2) is 8.42 Å². The minimum atomic E-state index is -3.59. The first kappa shape index (κ1) is 14.0. The predicted octanol–water partition coefficient (Wildman–Crippen LogP) is 1.62. The van der Waals surface area contributed by atoms with E-state index in [0.29, 0.717) is 24.9 Å². The molecule has 5 nitrogen and oxygen atoms in total. The Morgan fingerprint density at radius 1 is 1.42 bits per heavy atom. The normalized spacial score (nSPS) is 20.6. The van der Waals surface area contributed by atoms with Gasteiger partial charge in [0.25, 0.3) is 0 Å². The number of hydrogen-bond donors (Lipinski definition) is 1. The molecular weight excluding hydrogens is 266 g/mol. The van der Waals surface area contributed by atoms with Gasteiger partial charge in [-0.2, -0.15) is 4.31 Å². The van der Waals surface area contributed by atoms with Gasteiger partial charge in [0.1, 0.15) is 0 Å². The topological polar surface area (TPSA) is 74.7 Å². The smallest absolute Gasteiger partial charge is 0.304 e. The molecule has 0 aliphatic carbocycles. The van der Waals surface area contributed by atoms with Crippen LogP contribution in [0.5, 0.6) is 0 Å². The maximum Gasteiger partial charge on any atom is 0.304 e. The average molecular weight is 283 g/mol. The van der Waals surface area contributed by atoms with Gasteiger partial charge in [-0.1, -0.05) is 18.2 Å². The fourth-order valence-electron chi connectivity index (χ4n) is 2.50. The molecule has 1 aromatic carbocycles. The SMILES string of the molecule is Cc1ccccc1S(=O)(=O)N1CCCC1CC(=O)O. The van der Waals surface area contributed by atoms with Crippen molar-refractivity contribution in [1.82, 2.24) is 4.31 Å². The summed E-state index contributed by atoms with van der Waals surface area (Å²) < 4.78 is 26.5. The summed E-state index contributed by atoms with van der Waals surface area (Å²) in [6.45, 7) is 2.14. The van der Waals surface area contributed by atoms with Crippen LogP contribution in [0.1, 0.15) is 24.8 Å². The van der Waals surface area contributed by atoms with Crippen LogP contribution in [-0.4, -0.2) is 36.4 Å². The second-order valence-corrected chi connectivity index (χ2v) is 6.63. The number of aryl methyl sites for hydroxylation is 1. The summed E-state index contributed by atoms with van der Waals surface area (Å²) in [5.41, 5.74) is 0.684. The third-order valence-corrected chi connectivity index (χ3v) is 5.53. The molecule has 2 rings (SSSR count). The zero-order valence-electron chi connectivity index (χ0n) is 10.7. The summed E-state index contributed by atoms with van der Waals surface area (Å²) in [5, 5.41) is 8.86. The van der Waals surface area contributed by atoms with Crippen LogP contribution in [0.15, 0.2) is 29.2 Å². The zero-order valence-corrected chi connectivity index (χ0v) is 11.6. The van der Waals surface area contributed by atoms with Crippen molar-refractivity contribution in [3.63, 3.8) is 0 Å². The molecule has 1 atom stereocenters. The molecule has 1 aliphatic rings. The monoisotopic (exact) mass is 283 g/mol. The maximum absolute atomic E-state index is 12.6. The summed E-state index contributed by atoms with van der Waals surface area (Å²) in [6, 6.07) is 6.35. The fourth-order valence-corrected chi connectivity index (χ4v) is 4.42. The lowest BCUT2D eigenvalue weighted by molar-refractivity contribution is -0.137. The highest BCUT2D eigenvalue weighted by molar-refractivity contribution is 7.89. The number of nitrogens with zero attached hydrogens (tertiary/aromatic N) is 1. The van der Waals surface area contributed by atoms with Crippen molar-refractivity contribution < 1.29 is 18.3 Å². The van der Waals surface area contributed by atoms with Gasteiger partial charge >= 0.3 is 5.97 Å². The largest absolute Gasteiger partial charge is 0.481 e. The molecule has 1 saturated heterocycles. The van der Waals surface area contributed by atoms with Gasteiger partial charge in [-0.05, 0) is 31.4 Å². The van der Waals surface area contributed by atoms with E-state index in [1.807, 2.05) is 0 Å². The highest BCUT2D eigenvalue weighted by atomic mass is 32.2. The number of carbonyl (C=O) groups is 1. The Hall–Kier alpha value is -1.40. The summed E-state index contributed by atoms with van der Waals surface area (Å²) in [6.07, 6.45) is 1.19. The minimum absolute atomic E-state index is 0.134. The van der Waals surface area contributed by atoms with Gasteiger partial charge < -0.3 is 5.11 Å². The van der Waals surface area contributed by atoms with E-state index in [2.05, 4.69) is 0 Å². The lowest BCUT2D eigenvalue weighted by Gasteiger charge is -2.23. The first-order valence-electron chi connectivity index (χ1n) is 6.22. The van der Waals surface area contributed by atoms with Crippen LogP contribution in [0, 0.1) is 6.92 Å². The van der Waals surface area contributed by atoms with Crippen LogP contribution in [-0.2, 0) is 14.8 Å². The lowest BCUT2D eigenvalue weighted by Crippen LogP contribution is -2.37. The maximum atomic E-state index is 12.6. The van der Waals surface area contributed by atoms with E-state index < -0.39 is 22.0 Å². The minimum Gasteiger partial charge on any atom is -0.481 e. The standard InChI is InChI=1S/C13H17NO4S/c1-10-5-2-3-7-12(10)19(17,18)14-8-4-6-11(14)9-13(15)16/h2-3,5,7,11H,4,6,8-9H2,1H3,(H,15,16). The molecule has 0 saturated carbocycles. The molecule has 1 unspecified atom stereocenters. The Morgan fingerprint density at radius 2 is 2.11 bits per heavy atom. The van der Waals surface area contributed by atoms with Crippen molar-refractivity contribution in [1.29, 1.82) is 0 Å². The number of sulfonamides is 1. The van der Waals surface area contributed by atoms with Crippen LogP contribution in [0.25, 0.3) is 0 Å². The lowest BCUT2D eigenvalue weighted by atomic mass is 10.2. The first-order valence-corrected chi connectivity index (χ1v) is 7.66. The molecule has 1 N–H and O–H groups in total. The van der Waals surface area contributed by atoms with E-state index >= 15 is 0 Å². The van der Waals surface area contributed by atoms with Crippen molar-refractivity contribution in [2.24, 2.45) is 0 Å². The Balaban J connectivity index is 2.34. The number of rotatable bonds is 4. The third kappa shape index (κ3) is 2.79. The van der Waals surface area contributed by atoms with Crippen LogP contribution in [0.3, 0.4) is 0 Å². The molecule has 19 heavy (non-hydrogen) atoms. The summed E-state index contributed by atoms with van der Waals surface area (Å²) in [5.74, 6) is -0.961. The highest BCUT2D eigenvalue weighted by Gasteiger charge is 2.36. The molecule has 1 aromatic rings. The van der Waals surface area contributed by atoms with E-state index in [4.69, 9.17) is 5.11 Å². The van der Waals surface area contributed by atoms with E-state index in [1.165, 1.54) is 4.31 Å². The van der Waals surface area contributed by atoms with E-state index in [1.54, 1.807) is 31.2 Å². The van der Waals surface area contributed by atoms with Gasteiger partial charge in [0.2, 0.25) is 10.0 Å². The molecule has 1 heterocycles. The van der Waals surface area contributed by atoms with Gasteiger partial charge in [-0.15, -0.1) is 0 Å². The molecule has 104 valence electrons. The molecular formula is C13H17NO4S. The van der Waals surface area contributed by atoms with Crippen LogP contribution in [0.2, 0.25) is 0 Å². The van der Waals surface area contributed by atoms with E-state index in [0.717, 1.165) is 0 Å². The van der Waals surface area contributed by atoms with Gasteiger partial charge in [-0.3, -0.25) is 4.79 Å². The Morgan fingerprint density at radius 3 is 2.74 bits per heavy atom. The van der Waals surface area contributed by atoms with Crippen LogP contribution < -0.4 is 0 Å². The van der Waals surface area contributed by atoms with Crippen LogP contribution in [0.4, 0.5) is 0 Å². The summed E-state index contributed by atoms with van der Waals surface area (Å²) in [7, 11) is -3.59. The molecule has 6 heteroatoms. The van der Waals surface area contributed by atoms with Crippen molar-refractivity contribution in [2.45, 2.75) is 37.1 Å². The molecule has 0 aromatic heterocycles. The number of hydrogen-bond acceptors (Lipinski definition) is 3. The quantitative estimate of drug-likeness (QED) is 0.911. The number of aliphatic carboxylic acids is 1. The predicted molar refractivity (Wildman–Crippen MR) is 70.3 cm³/mol. The second-order valence-electron chi connectivity index (χ2n) is 4.78. The van der Waals surface area contributed by atoms with Crippen LogP contribution >= 0.6 is 0 Å². The van der Waals surface area contributed by atoms with Crippen molar-refractivity contribution in [3.05, 3.63) is 29.8 Å². The molecule has 0 radical (unpaired) electrons. The second kappa shape index (κ2) is 5.30.